The lowest BCUT2D eigenvalue weighted by atomic mass is 9.84. The van der Waals surface area contributed by atoms with Crippen molar-refractivity contribution in [2.75, 3.05) is 39.3 Å². The highest BCUT2D eigenvalue weighted by Gasteiger charge is 2.20. The third kappa shape index (κ3) is 7.16. The number of aliphatic imine (C=N–C) groups is 1. The highest BCUT2D eigenvalue weighted by Crippen LogP contribution is 2.24. The molecule has 0 amide bonds. The van der Waals surface area contributed by atoms with Crippen molar-refractivity contribution in [3.8, 4) is 5.75 Å². The Labute approximate surface area is 145 Å². The first-order valence-corrected chi connectivity index (χ1v) is 9.51. The lowest BCUT2D eigenvalue weighted by Gasteiger charge is -2.27. The van der Waals surface area contributed by atoms with Crippen LogP contribution in [-0.2, 0) is 5.41 Å². The predicted octanol–water partition coefficient (Wildman–Crippen LogP) is 3.28. The molecule has 4 nitrogen and oxygen atoms in total. The number of methoxy groups -OCH3 is 1. The van der Waals surface area contributed by atoms with Crippen LogP contribution in [0.5, 0.6) is 5.75 Å². The molecule has 5 heteroatoms. The van der Waals surface area contributed by atoms with Crippen LogP contribution >= 0.6 is 11.8 Å². The van der Waals surface area contributed by atoms with Crippen molar-refractivity contribution in [1.82, 2.24) is 10.6 Å². The maximum Gasteiger partial charge on any atom is 0.191 e. The van der Waals surface area contributed by atoms with Crippen LogP contribution in [0.4, 0.5) is 0 Å². The Bertz CT molecular complexity index is 472. The number of rotatable bonds is 9. The van der Waals surface area contributed by atoms with E-state index in [0.29, 0.717) is 0 Å². The molecule has 0 atom stereocenters. The number of nitrogens with zero attached hydrogens (tertiary/aromatic N) is 1. The second-order valence-electron chi connectivity index (χ2n) is 6.16. The summed E-state index contributed by atoms with van der Waals surface area (Å²) in [6.45, 7) is 6.24. The number of thioether (sulfide) groups is 1. The number of ether oxygens (including phenoxy) is 1. The molecule has 1 aromatic rings. The summed E-state index contributed by atoms with van der Waals surface area (Å²) in [5.74, 6) is 2.98. The summed E-state index contributed by atoms with van der Waals surface area (Å²) in [6.07, 6.45) is 4.56. The van der Waals surface area contributed by atoms with Crippen molar-refractivity contribution in [2.45, 2.75) is 32.1 Å². The van der Waals surface area contributed by atoms with Crippen molar-refractivity contribution >= 4 is 17.7 Å². The van der Waals surface area contributed by atoms with Crippen molar-refractivity contribution in [3.05, 3.63) is 29.8 Å². The number of nitrogens with one attached hydrogen (secondary N) is 2. The average Bonchev–Trinajstić information content (AvgIpc) is 2.57. The van der Waals surface area contributed by atoms with Crippen LogP contribution in [0.1, 0.15) is 32.3 Å². The first kappa shape index (κ1) is 19.7. The van der Waals surface area contributed by atoms with Gasteiger partial charge in [0, 0.05) is 25.6 Å². The molecule has 2 N–H and O–H groups in total. The minimum Gasteiger partial charge on any atom is -0.497 e. The summed E-state index contributed by atoms with van der Waals surface area (Å²) < 4.78 is 5.22. The fourth-order valence-electron chi connectivity index (χ4n) is 2.25. The Morgan fingerprint density at radius 1 is 1.17 bits per heavy atom. The number of hydrogen-bond donors (Lipinski definition) is 2. The van der Waals surface area contributed by atoms with Gasteiger partial charge in [-0.2, -0.15) is 11.8 Å². The molecule has 0 spiro atoms. The molecule has 0 heterocycles. The molecular formula is C18H31N3OS. The average molecular weight is 338 g/mol. The SMILES string of the molecule is CN=C(NCCCCSC)NCC(C)(C)c1ccc(OC)cc1. The first-order chi connectivity index (χ1) is 11.0. The summed E-state index contributed by atoms with van der Waals surface area (Å²) in [5, 5.41) is 6.81. The van der Waals surface area contributed by atoms with Crippen LogP contribution in [-0.4, -0.2) is 45.2 Å². The highest BCUT2D eigenvalue weighted by atomic mass is 32.2. The molecule has 0 unspecified atom stereocenters. The van der Waals surface area contributed by atoms with E-state index in [1.807, 2.05) is 30.9 Å². The van der Waals surface area contributed by atoms with Gasteiger partial charge in [0.05, 0.1) is 7.11 Å². The zero-order chi connectivity index (χ0) is 17.1. The molecule has 0 bridgehead atoms. The zero-order valence-electron chi connectivity index (χ0n) is 15.1. The standard InChI is InChI=1S/C18H31N3OS/c1-18(2,15-8-10-16(22-4)11-9-15)14-21-17(19-3)20-12-6-7-13-23-5/h8-11H,6-7,12-14H2,1-5H3,(H2,19,20,21). The van der Waals surface area contributed by atoms with Gasteiger partial charge in [-0.15, -0.1) is 0 Å². The highest BCUT2D eigenvalue weighted by molar-refractivity contribution is 7.98. The summed E-state index contributed by atoms with van der Waals surface area (Å²) in [5.41, 5.74) is 1.30. The van der Waals surface area contributed by atoms with E-state index in [2.05, 4.69) is 47.9 Å². The van der Waals surface area contributed by atoms with Crippen molar-refractivity contribution in [1.29, 1.82) is 0 Å². The molecule has 1 rings (SSSR count). The zero-order valence-corrected chi connectivity index (χ0v) is 15.9. The summed E-state index contributed by atoms with van der Waals surface area (Å²) in [4.78, 5) is 4.30. The number of benzene rings is 1. The van der Waals surface area contributed by atoms with E-state index in [-0.39, 0.29) is 5.41 Å². The fourth-order valence-corrected chi connectivity index (χ4v) is 2.74. The Morgan fingerprint density at radius 2 is 1.87 bits per heavy atom. The molecule has 0 saturated heterocycles. The van der Waals surface area contributed by atoms with Crippen LogP contribution in [0.25, 0.3) is 0 Å². The smallest absolute Gasteiger partial charge is 0.191 e. The van der Waals surface area contributed by atoms with Crippen molar-refractivity contribution in [2.24, 2.45) is 4.99 Å². The van der Waals surface area contributed by atoms with E-state index in [0.717, 1.165) is 24.8 Å². The van der Waals surface area contributed by atoms with Crippen LogP contribution < -0.4 is 15.4 Å². The normalized spacial score (nSPS) is 12.1. The van der Waals surface area contributed by atoms with E-state index >= 15 is 0 Å². The molecular weight excluding hydrogens is 306 g/mol. The topological polar surface area (TPSA) is 45.7 Å². The quantitative estimate of drug-likeness (QED) is 0.412. The van der Waals surface area contributed by atoms with Gasteiger partial charge in [-0.25, -0.2) is 0 Å². The Hall–Kier alpha value is -1.36. The lowest BCUT2D eigenvalue weighted by molar-refractivity contribution is 0.414. The maximum absolute atomic E-state index is 5.22. The molecule has 0 aliphatic rings. The molecule has 0 aliphatic carbocycles. The van der Waals surface area contributed by atoms with E-state index in [1.165, 1.54) is 24.2 Å². The third-order valence-corrected chi connectivity index (χ3v) is 4.56. The largest absolute Gasteiger partial charge is 0.497 e. The minimum absolute atomic E-state index is 0.0166. The molecule has 0 aromatic heterocycles. The second kappa shape index (κ2) is 10.4. The lowest BCUT2D eigenvalue weighted by Crippen LogP contribution is -2.43. The van der Waals surface area contributed by atoms with Crippen LogP contribution in [0.15, 0.2) is 29.3 Å². The van der Waals surface area contributed by atoms with Gasteiger partial charge in [0.25, 0.3) is 0 Å². The summed E-state index contributed by atoms with van der Waals surface area (Å²) >= 11 is 1.90. The van der Waals surface area contributed by atoms with Crippen molar-refractivity contribution in [3.63, 3.8) is 0 Å². The van der Waals surface area contributed by atoms with E-state index in [1.54, 1.807) is 7.11 Å². The number of hydrogen-bond acceptors (Lipinski definition) is 3. The number of guanidine groups is 1. The monoisotopic (exact) mass is 337 g/mol. The van der Waals surface area contributed by atoms with Gasteiger partial charge >= 0.3 is 0 Å². The molecule has 0 radical (unpaired) electrons. The van der Waals surface area contributed by atoms with Gasteiger partial charge in [-0.3, -0.25) is 4.99 Å². The predicted molar refractivity (Wildman–Crippen MR) is 103 cm³/mol. The van der Waals surface area contributed by atoms with Crippen molar-refractivity contribution < 1.29 is 4.74 Å². The van der Waals surface area contributed by atoms with Gasteiger partial charge in [0.2, 0.25) is 0 Å². The van der Waals surface area contributed by atoms with Crippen LogP contribution in [0.3, 0.4) is 0 Å². The summed E-state index contributed by atoms with van der Waals surface area (Å²) in [7, 11) is 3.51. The maximum atomic E-state index is 5.22. The Balaban J connectivity index is 2.45. The Kier molecular flexibility index (Phi) is 8.92. The van der Waals surface area contributed by atoms with E-state index in [9.17, 15) is 0 Å². The van der Waals surface area contributed by atoms with Crippen LogP contribution in [0, 0.1) is 0 Å². The van der Waals surface area contributed by atoms with Gasteiger partial charge in [-0.05, 0) is 42.5 Å². The van der Waals surface area contributed by atoms with Gasteiger partial charge in [0.1, 0.15) is 5.75 Å². The van der Waals surface area contributed by atoms with E-state index < -0.39 is 0 Å². The van der Waals surface area contributed by atoms with Gasteiger partial charge < -0.3 is 15.4 Å². The fraction of sp³-hybridized carbons (Fsp3) is 0.611. The van der Waals surface area contributed by atoms with E-state index in [4.69, 9.17) is 4.74 Å². The first-order valence-electron chi connectivity index (χ1n) is 8.11. The minimum atomic E-state index is 0.0166. The molecule has 23 heavy (non-hydrogen) atoms. The Morgan fingerprint density at radius 3 is 2.43 bits per heavy atom. The number of unbranched alkanes of at least 4 members (excludes halogenated alkanes) is 1. The van der Waals surface area contributed by atoms with Gasteiger partial charge in [0.15, 0.2) is 5.96 Å². The second-order valence-corrected chi connectivity index (χ2v) is 7.15. The third-order valence-electron chi connectivity index (χ3n) is 3.86. The molecule has 0 aliphatic heterocycles. The molecule has 1 aromatic carbocycles. The van der Waals surface area contributed by atoms with Gasteiger partial charge in [-0.1, -0.05) is 26.0 Å². The molecule has 130 valence electrons. The molecule has 0 fully saturated rings. The van der Waals surface area contributed by atoms with Crippen LogP contribution in [0.2, 0.25) is 0 Å². The molecule has 0 saturated carbocycles. The summed E-state index contributed by atoms with van der Waals surface area (Å²) in [6, 6.07) is 8.27.